The third-order valence-electron chi connectivity index (χ3n) is 2.61. The van der Waals surface area contributed by atoms with Gasteiger partial charge in [0, 0.05) is 12.1 Å². The topological polar surface area (TPSA) is 81.7 Å². The summed E-state index contributed by atoms with van der Waals surface area (Å²) < 4.78 is 0. The van der Waals surface area contributed by atoms with Crippen LogP contribution >= 0.6 is 0 Å². The van der Waals surface area contributed by atoms with Crippen molar-refractivity contribution >= 4 is 12.0 Å². The van der Waals surface area contributed by atoms with Gasteiger partial charge in [-0.2, -0.15) is 0 Å². The molecule has 0 heterocycles. The Morgan fingerprint density at radius 3 is 2.25 bits per heavy atom. The zero-order valence-corrected chi connectivity index (χ0v) is 10.5. The van der Waals surface area contributed by atoms with Crippen molar-refractivity contribution < 1.29 is 14.7 Å². The summed E-state index contributed by atoms with van der Waals surface area (Å²) in [5, 5.41) is 13.6. The van der Waals surface area contributed by atoms with Gasteiger partial charge < -0.3 is 20.6 Å². The van der Waals surface area contributed by atoms with E-state index >= 15 is 0 Å². The molecule has 2 amide bonds. The monoisotopic (exact) mass is 231 g/mol. The molecule has 3 N–H and O–H groups in total. The van der Waals surface area contributed by atoms with Crippen molar-refractivity contribution in [3.8, 4) is 0 Å². The molecule has 0 aliphatic carbocycles. The van der Waals surface area contributed by atoms with Crippen LogP contribution in [0.25, 0.3) is 0 Å². The summed E-state index contributed by atoms with van der Waals surface area (Å²) >= 11 is 0. The average Bonchev–Trinajstić information content (AvgIpc) is 2.14. The van der Waals surface area contributed by atoms with Gasteiger partial charge in [-0.05, 0) is 34.9 Å². The molecule has 6 heteroatoms. The summed E-state index contributed by atoms with van der Waals surface area (Å²) in [6.07, 6.45) is 0. The minimum Gasteiger partial charge on any atom is -0.480 e. The maximum Gasteiger partial charge on any atom is 0.325 e. The van der Waals surface area contributed by atoms with Crippen molar-refractivity contribution in [2.75, 3.05) is 20.6 Å². The number of urea groups is 1. The molecule has 0 aromatic heterocycles. The van der Waals surface area contributed by atoms with E-state index in [9.17, 15) is 9.59 Å². The first-order valence-electron chi connectivity index (χ1n) is 5.11. The lowest BCUT2D eigenvalue weighted by Crippen LogP contribution is -2.52. The van der Waals surface area contributed by atoms with Gasteiger partial charge in [0.05, 0.1) is 0 Å². The van der Waals surface area contributed by atoms with Crippen LogP contribution in [0.4, 0.5) is 4.79 Å². The van der Waals surface area contributed by atoms with E-state index in [1.807, 2.05) is 32.8 Å². The number of hydrogen-bond donors (Lipinski definition) is 3. The van der Waals surface area contributed by atoms with Gasteiger partial charge in [0.25, 0.3) is 0 Å². The first kappa shape index (κ1) is 14.7. The fraction of sp³-hybridized carbons (Fsp3) is 0.800. The van der Waals surface area contributed by atoms with Crippen molar-refractivity contribution in [3.63, 3.8) is 0 Å². The minimum atomic E-state index is -1.05. The Morgan fingerprint density at radius 2 is 1.88 bits per heavy atom. The molecule has 0 rings (SSSR count). The molecule has 0 aliphatic rings. The average molecular weight is 231 g/mol. The van der Waals surface area contributed by atoms with E-state index < -0.39 is 18.0 Å². The second kappa shape index (κ2) is 5.69. The number of carboxylic acid groups (broad SMARTS) is 1. The van der Waals surface area contributed by atoms with E-state index in [0.29, 0.717) is 6.54 Å². The summed E-state index contributed by atoms with van der Waals surface area (Å²) in [5.41, 5.74) is -0.177. The van der Waals surface area contributed by atoms with Gasteiger partial charge in [0.1, 0.15) is 6.04 Å². The molecule has 0 aliphatic heterocycles. The van der Waals surface area contributed by atoms with Gasteiger partial charge in [0.2, 0.25) is 0 Å². The summed E-state index contributed by atoms with van der Waals surface area (Å²) in [5.74, 6) is -1.05. The minimum absolute atomic E-state index is 0.177. The lowest BCUT2D eigenvalue weighted by Gasteiger charge is -2.32. The van der Waals surface area contributed by atoms with Crippen LogP contribution in [0.15, 0.2) is 0 Å². The zero-order chi connectivity index (χ0) is 12.9. The van der Waals surface area contributed by atoms with Crippen LogP contribution in [0, 0.1) is 0 Å². The molecule has 0 radical (unpaired) electrons. The standard InChI is InChI=1S/C10H21N3O3/c1-7(8(14)15)12-9(16)11-6-10(2,3)13(4)5/h7H,6H2,1-5H3,(H,14,15)(H2,11,12,16)/t7-/m1/s1. The maximum atomic E-state index is 11.3. The summed E-state index contributed by atoms with van der Waals surface area (Å²) in [7, 11) is 3.83. The van der Waals surface area contributed by atoms with Crippen molar-refractivity contribution in [2.45, 2.75) is 32.4 Å². The highest BCUT2D eigenvalue weighted by Crippen LogP contribution is 2.07. The number of nitrogens with one attached hydrogen (secondary N) is 2. The Bertz CT molecular complexity index is 264. The normalized spacial score (nSPS) is 13.4. The van der Waals surface area contributed by atoms with Crippen molar-refractivity contribution in [1.82, 2.24) is 15.5 Å². The van der Waals surface area contributed by atoms with Crippen LogP contribution < -0.4 is 10.6 Å². The number of rotatable bonds is 5. The maximum absolute atomic E-state index is 11.3. The molecule has 0 fully saturated rings. The van der Waals surface area contributed by atoms with Gasteiger partial charge >= 0.3 is 12.0 Å². The van der Waals surface area contributed by atoms with Crippen molar-refractivity contribution in [3.05, 3.63) is 0 Å². The number of hydrogen-bond acceptors (Lipinski definition) is 3. The van der Waals surface area contributed by atoms with Crippen LogP contribution in [0.5, 0.6) is 0 Å². The van der Waals surface area contributed by atoms with E-state index in [1.54, 1.807) is 0 Å². The predicted octanol–water partition coefficient (Wildman–Crippen LogP) is 0.0989. The Kier molecular flexibility index (Phi) is 5.23. The number of carboxylic acids is 1. The third-order valence-corrected chi connectivity index (χ3v) is 2.61. The molecule has 0 spiro atoms. The second-order valence-corrected chi connectivity index (χ2v) is 4.59. The largest absolute Gasteiger partial charge is 0.480 e. The Balaban J connectivity index is 4.04. The molecule has 1 atom stereocenters. The molecule has 94 valence electrons. The lowest BCUT2D eigenvalue weighted by atomic mass is 10.1. The summed E-state index contributed by atoms with van der Waals surface area (Å²) in [6.45, 7) is 5.82. The number of aliphatic carboxylic acids is 1. The molecule has 6 nitrogen and oxygen atoms in total. The van der Waals surface area contributed by atoms with Crippen LogP contribution in [-0.4, -0.2) is 54.2 Å². The van der Waals surface area contributed by atoms with E-state index in [2.05, 4.69) is 10.6 Å². The van der Waals surface area contributed by atoms with Crippen molar-refractivity contribution in [1.29, 1.82) is 0 Å². The Labute approximate surface area is 96.0 Å². The predicted molar refractivity (Wildman–Crippen MR) is 61.4 cm³/mol. The number of nitrogens with zero attached hydrogens (tertiary/aromatic N) is 1. The van der Waals surface area contributed by atoms with Crippen molar-refractivity contribution in [2.24, 2.45) is 0 Å². The zero-order valence-electron chi connectivity index (χ0n) is 10.5. The highest BCUT2D eigenvalue weighted by atomic mass is 16.4. The Hall–Kier alpha value is -1.30. The smallest absolute Gasteiger partial charge is 0.325 e. The molecular weight excluding hydrogens is 210 g/mol. The Morgan fingerprint density at radius 1 is 1.38 bits per heavy atom. The lowest BCUT2D eigenvalue weighted by molar-refractivity contribution is -0.138. The van der Waals surface area contributed by atoms with E-state index in [-0.39, 0.29) is 5.54 Å². The van der Waals surface area contributed by atoms with Crippen LogP contribution in [-0.2, 0) is 4.79 Å². The molecular formula is C10H21N3O3. The summed E-state index contributed by atoms with van der Waals surface area (Å²) in [6, 6.07) is -1.35. The second-order valence-electron chi connectivity index (χ2n) is 4.59. The summed E-state index contributed by atoms with van der Waals surface area (Å²) in [4.78, 5) is 23.8. The third kappa shape index (κ3) is 4.97. The molecule has 0 aromatic carbocycles. The number of carbonyl (C=O) groups is 2. The highest BCUT2D eigenvalue weighted by molar-refractivity contribution is 5.82. The van der Waals surface area contributed by atoms with E-state index in [1.165, 1.54) is 6.92 Å². The van der Waals surface area contributed by atoms with Crippen LogP contribution in [0.3, 0.4) is 0 Å². The molecule has 0 aromatic rings. The fourth-order valence-electron chi connectivity index (χ4n) is 0.764. The number of carbonyl (C=O) groups excluding carboxylic acids is 1. The molecule has 0 unspecified atom stereocenters. The highest BCUT2D eigenvalue weighted by Gasteiger charge is 2.22. The SMILES string of the molecule is C[C@@H](NC(=O)NCC(C)(C)N(C)C)C(=O)O. The first-order chi connectivity index (χ1) is 7.16. The molecule has 0 saturated carbocycles. The molecule has 16 heavy (non-hydrogen) atoms. The number of likely N-dealkylation sites (N-methyl/N-ethyl adjacent to an activating group) is 1. The van der Waals surface area contributed by atoms with Gasteiger partial charge in [0.15, 0.2) is 0 Å². The van der Waals surface area contributed by atoms with Gasteiger partial charge in [-0.25, -0.2) is 4.79 Å². The molecule has 0 saturated heterocycles. The molecule has 0 bridgehead atoms. The van der Waals surface area contributed by atoms with Crippen LogP contribution in [0.1, 0.15) is 20.8 Å². The van der Waals surface area contributed by atoms with Gasteiger partial charge in [-0.15, -0.1) is 0 Å². The quantitative estimate of drug-likeness (QED) is 0.626. The van der Waals surface area contributed by atoms with E-state index in [4.69, 9.17) is 5.11 Å². The fourth-order valence-corrected chi connectivity index (χ4v) is 0.764. The van der Waals surface area contributed by atoms with E-state index in [0.717, 1.165) is 0 Å². The van der Waals surface area contributed by atoms with Crippen LogP contribution in [0.2, 0.25) is 0 Å². The van der Waals surface area contributed by atoms with Gasteiger partial charge in [-0.1, -0.05) is 0 Å². The number of amides is 2. The van der Waals surface area contributed by atoms with Gasteiger partial charge in [-0.3, -0.25) is 4.79 Å². The first-order valence-corrected chi connectivity index (χ1v) is 5.11.